The highest BCUT2D eigenvalue weighted by atomic mass is 19.1. The van der Waals surface area contributed by atoms with Crippen molar-refractivity contribution in [3.63, 3.8) is 0 Å². The third-order valence-electron chi connectivity index (χ3n) is 6.09. The zero-order valence-electron chi connectivity index (χ0n) is 15.2. The van der Waals surface area contributed by atoms with Gasteiger partial charge in [-0.1, -0.05) is 24.3 Å². The fourth-order valence-corrected chi connectivity index (χ4v) is 4.59. The lowest BCUT2D eigenvalue weighted by atomic mass is 9.88. The molecular weight excluding hydrogens is 348 g/mol. The van der Waals surface area contributed by atoms with Gasteiger partial charge in [0.2, 0.25) is 0 Å². The summed E-state index contributed by atoms with van der Waals surface area (Å²) >= 11 is 0. The van der Waals surface area contributed by atoms with Crippen LogP contribution >= 0.6 is 0 Å². The van der Waals surface area contributed by atoms with Crippen molar-refractivity contribution in [2.45, 2.75) is 43.6 Å². The Balaban J connectivity index is 1.65. The number of aldehydes is 1. The quantitative estimate of drug-likeness (QED) is 0.741. The lowest BCUT2D eigenvalue weighted by Gasteiger charge is -2.41. The summed E-state index contributed by atoms with van der Waals surface area (Å²) < 4.78 is 33.3. The first-order valence-electron chi connectivity index (χ1n) is 9.40. The van der Waals surface area contributed by atoms with Crippen molar-refractivity contribution in [1.29, 1.82) is 0 Å². The topological polar surface area (TPSA) is 29.5 Å². The van der Waals surface area contributed by atoms with E-state index >= 15 is 0 Å². The molecule has 2 aromatic rings. The Labute approximate surface area is 157 Å². The summed E-state index contributed by atoms with van der Waals surface area (Å²) in [6, 6.07) is 12.9. The number of carbonyl (C=O) groups excluding carboxylic acids is 1. The monoisotopic (exact) mass is 371 g/mol. The maximum Gasteiger partial charge on any atom is 0.127 e. The van der Waals surface area contributed by atoms with Crippen LogP contribution in [0.4, 0.5) is 8.78 Å². The third kappa shape index (κ3) is 3.54. The maximum absolute atomic E-state index is 13.4. The van der Waals surface area contributed by atoms with Crippen LogP contribution in [0.5, 0.6) is 0 Å². The molecule has 2 saturated heterocycles. The molecule has 2 aliphatic rings. The molecule has 3 nitrogen and oxygen atoms in total. The molecule has 0 aliphatic carbocycles. The first-order chi connectivity index (χ1) is 13.1. The molecule has 2 bridgehead atoms. The van der Waals surface area contributed by atoms with E-state index in [-0.39, 0.29) is 29.7 Å². The van der Waals surface area contributed by atoms with Gasteiger partial charge in [-0.25, -0.2) is 8.78 Å². The molecule has 0 radical (unpaired) electrons. The average Bonchev–Trinajstić information content (AvgIpc) is 2.92. The summed E-state index contributed by atoms with van der Waals surface area (Å²) in [4.78, 5) is 14.1. The second-order valence-corrected chi connectivity index (χ2v) is 7.57. The van der Waals surface area contributed by atoms with Crippen LogP contribution in [-0.2, 0) is 9.53 Å². The van der Waals surface area contributed by atoms with Crippen molar-refractivity contribution in [3.05, 3.63) is 71.3 Å². The number of fused-ring (bicyclic) bond motifs is 2. The molecule has 4 rings (SSSR count). The predicted molar refractivity (Wildman–Crippen MR) is 98.3 cm³/mol. The van der Waals surface area contributed by atoms with Gasteiger partial charge in [0.25, 0.3) is 0 Å². The Bertz CT molecular complexity index is 747. The van der Waals surface area contributed by atoms with Gasteiger partial charge in [-0.05, 0) is 61.7 Å². The minimum Gasteiger partial charge on any atom is -0.365 e. The third-order valence-corrected chi connectivity index (χ3v) is 6.09. The minimum atomic E-state index is -0.471. The number of carbonyl (C=O) groups is 1. The van der Waals surface area contributed by atoms with E-state index in [0.29, 0.717) is 6.04 Å². The molecule has 4 atom stereocenters. The van der Waals surface area contributed by atoms with E-state index in [9.17, 15) is 13.6 Å². The number of nitrogens with zero attached hydrogens (tertiary/aromatic N) is 1. The molecule has 0 spiro atoms. The first-order valence-corrected chi connectivity index (χ1v) is 9.40. The Morgan fingerprint density at radius 1 is 1.00 bits per heavy atom. The molecule has 27 heavy (non-hydrogen) atoms. The lowest BCUT2D eigenvalue weighted by molar-refractivity contribution is -0.127. The molecule has 142 valence electrons. The fourth-order valence-electron chi connectivity index (χ4n) is 4.59. The van der Waals surface area contributed by atoms with E-state index in [4.69, 9.17) is 4.74 Å². The van der Waals surface area contributed by atoms with Crippen LogP contribution in [0.3, 0.4) is 0 Å². The molecule has 2 fully saturated rings. The van der Waals surface area contributed by atoms with Crippen molar-refractivity contribution < 1.29 is 18.3 Å². The zero-order chi connectivity index (χ0) is 19.0. The summed E-state index contributed by atoms with van der Waals surface area (Å²) in [5.74, 6) is -0.837. The number of halogens is 2. The maximum atomic E-state index is 13.4. The fraction of sp³-hybridized carbons (Fsp3) is 0.409. The number of rotatable bonds is 5. The smallest absolute Gasteiger partial charge is 0.127 e. The Hall–Kier alpha value is -2.11. The number of hydrogen-bond acceptors (Lipinski definition) is 3. The highest BCUT2D eigenvalue weighted by Crippen LogP contribution is 2.41. The van der Waals surface area contributed by atoms with Crippen molar-refractivity contribution in [3.8, 4) is 0 Å². The summed E-state index contributed by atoms with van der Waals surface area (Å²) in [5, 5.41) is 0. The van der Waals surface area contributed by atoms with Gasteiger partial charge in [-0.3, -0.25) is 4.90 Å². The molecule has 2 aliphatic heterocycles. The molecular formula is C22H23F2NO2. The summed E-state index contributed by atoms with van der Waals surface area (Å²) in [7, 11) is 2.08. The van der Waals surface area contributed by atoms with Gasteiger partial charge >= 0.3 is 0 Å². The predicted octanol–water partition coefficient (Wildman–Crippen LogP) is 4.12. The van der Waals surface area contributed by atoms with Crippen LogP contribution in [0.15, 0.2) is 48.5 Å². The molecule has 2 heterocycles. The Kier molecular flexibility index (Phi) is 5.06. The second kappa shape index (κ2) is 7.49. The first kappa shape index (κ1) is 18.3. The largest absolute Gasteiger partial charge is 0.365 e. The SMILES string of the molecule is CN1C2CCC1[C@@H](C=O)[C@@H](OC(c1ccc(F)cc1)c1ccc(F)cc1)C2. The molecule has 0 amide bonds. The van der Waals surface area contributed by atoms with Gasteiger partial charge in [0.15, 0.2) is 0 Å². The van der Waals surface area contributed by atoms with Crippen LogP contribution in [0.2, 0.25) is 0 Å². The van der Waals surface area contributed by atoms with Crippen LogP contribution in [-0.4, -0.2) is 36.4 Å². The highest BCUT2D eigenvalue weighted by molar-refractivity contribution is 5.56. The van der Waals surface area contributed by atoms with Crippen LogP contribution < -0.4 is 0 Å². The summed E-state index contributed by atoms with van der Waals surface area (Å²) in [6.07, 6.45) is 3.19. The van der Waals surface area contributed by atoms with E-state index in [1.165, 1.54) is 24.3 Å². The average molecular weight is 371 g/mol. The minimum absolute atomic E-state index is 0.197. The number of hydrogen-bond donors (Lipinski definition) is 0. The molecule has 5 heteroatoms. The van der Waals surface area contributed by atoms with E-state index in [1.54, 1.807) is 24.3 Å². The molecule has 0 aromatic heterocycles. The number of benzene rings is 2. The van der Waals surface area contributed by atoms with E-state index in [0.717, 1.165) is 36.7 Å². The zero-order valence-corrected chi connectivity index (χ0v) is 15.2. The van der Waals surface area contributed by atoms with Gasteiger partial charge in [-0.15, -0.1) is 0 Å². The van der Waals surface area contributed by atoms with Crippen LogP contribution in [0, 0.1) is 17.6 Å². The Morgan fingerprint density at radius 2 is 1.56 bits per heavy atom. The van der Waals surface area contributed by atoms with Crippen molar-refractivity contribution in [2.75, 3.05) is 7.05 Å². The second-order valence-electron chi connectivity index (χ2n) is 7.57. The molecule has 2 aromatic carbocycles. The van der Waals surface area contributed by atoms with Crippen molar-refractivity contribution in [1.82, 2.24) is 4.90 Å². The molecule has 2 unspecified atom stereocenters. The van der Waals surface area contributed by atoms with Crippen molar-refractivity contribution >= 4 is 6.29 Å². The Morgan fingerprint density at radius 3 is 2.07 bits per heavy atom. The van der Waals surface area contributed by atoms with E-state index in [1.807, 2.05) is 0 Å². The normalized spacial score (nSPS) is 27.9. The van der Waals surface area contributed by atoms with Crippen LogP contribution in [0.25, 0.3) is 0 Å². The van der Waals surface area contributed by atoms with Gasteiger partial charge in [-0.2, -0.15) is 0 Å². The van der Waals surface area contributed by atoms with Gasteiger partial charge in [0, 0.05) is 12.1 Å². The summed E-state index contributed by atoms with van der Waals surface area (Å²) in [5.41, 5.74) is 1.58. The lowest BCUT2D eigenvalue weighted by Crippen LogP contribution is -2.50. The van der Waals surface area contributed by atoms with E-state index < -0.39 is 6.10 Å². The standard InChI is InChI=1S/C22H23F2NO2/c1-25-18-10-11-20(25)19(13-26)21(12-18)27-22(14-2-6-16(23)7-3-14)15-4-8-17(24)9-5-15/h2-9,13,18-22H,10-12H2,1H3/t18?,19-,20?,21+/m1/s1. The molecule has 0 N–H and O–H groups in total. The van der Waals surface area contributed by atoms with E-state index in [2.05, 4.69) is 11.9 Å². The van der Waals surface area contributed by atoms with Crippen molar-refractivity contribution in [2.24, 2.45) is 5.92 Å². The highest BCUT2D eigenvalue weighted by Gasteiger charge is 2.46. The van der Waals surface area contributed by atoms with Gasteiger partial charge in [0.1, 0.15) is 24.0 Å². The number of ether oxygens (including phenoxy) is 1. The van der Waals surface area contributed by atoms with Gasteiger partial charge < -0.3 is 9.53 Å². The number of piperidine rings is 1. The van der Waals surface area contributed by atoms with Crippen LogP contribution in [0.1, 0.15) is 36.5 Å². The molecule has 0 saturated carbocycles. The summed E-state index contributed by atoms with van der Waals surface area (Å²) in [6.45, 7) is 0. The van der Waals surface area contributed by atoms with Gasteiger partial charge in [0.05, 0.1) is 12.0 Å².